The molecule has 0 radical (unpaired) electrons. The van der Waals surface area contributed by atoms with E-state index in [1.54, 1.807) is 12.1 Å². The third-order valence-electron chi connectivity index (χ3n) is 1.42. The van der Waals surface area contributed by atoms with Crippen molar-refractivity contribution in [1.82, 2.24) is 5.32 Å². The summed E-state index contributed by atoms with van der Waals surface area (Å²) in [6.07, 6.45) is -0.984. The van der Waals surface area contributed by atoms with Gasteiger partial charge in [-0.15, -0.1) is 0 Å². The molecule has 1 rings (SSSR count). The first kappa shape index (κ1) is 10.7. The summed E-state index contributed by atoms with van der Waals surface area (Å²) < 4.78 is 23.7. The highest BCUT2D eigenvalue weighted by atomic mass is 32.2. The Kier molecular flexibility index (Phi) is 4.09. The minimum absolute atomic E-state index is 0.233. The van der Waals surface area contributed by atoms with E-state index >= 15 is 0 Å². The Labute approximate surface area is 83.6 Å². The van der Waals surface area contributed by atoms with Crippen molar-refractivity contribution < 1.29 is 17.7 Å². The van der Waals surface area contributed by atoms with E-state index in [0.717, 1.165) is 5.56 Å². The maximum atomic E-state index is 10.7. The Morgan fingerprint density at radius 3 is 2.64 bits per heavy atom. The Bertz CT molecular complexity index is 327. The summed E-state index contributed by atoms with van der Waals surface area (Å²) in [5.41, 5.74) is 0.862. The van der Waals surface area contributed by atoms with Crippen molar-refractivity contribution in [3.8, 4) is 0 Å². The molecule has 0 aliphatic rings. The zero-order chi connectivity index (χ0) is 10.4. The van der Waals surface area contributed by atoms with Crippen molar-refractivity contribution in [2.45, 2.75) is 6.54 Å². The van der Waals surface area contributed by atoms with Crippen LogP contribution < -0.4 is 5.32 Å². The summed E-state index contributed by atoms with van der Waals surface area (Å²) >= 11 is -2.82. The van der Waals surface area contributed by atoms with Crippen LogP contribution in [0.25, 0.3) is 0 Å². The number of benzene rings is 1. The second kappa shape index (κ2) is 5.36. The average Bonchev–Trinajstić information content (AvgIpc) is 2.15. The number of hydrogen-bond donors (Lipinski definition) is 1. The molecule has 1 aromatic rings. The fraction of sp³-hybridized carbons (Fsp3) is 0.125. The second-order valence-corrected chi connectivity index (χ2v) is 2.99. The minimum Gasteiger partial charge on any atom is -0.740 e. The number of hydrogen-bond acceptors (Lipinski definition) is 4. The Morgan fingerprint density at radius 2 is 2.07 bits per heavy atom. The van der Waals surface area contributed by atoms with Gasteiger partial charge in [0.1, 0.15) is 11.4 Å². The maximum Gasteiger partial charge on any atom is 0.420 e. The molecule has 76 valence electrons. The molecule has 0 aliphatic heterocycles. The fourth-order valence-electron chi connectivity index (χ4n) is 0.861. The summed E-state index contributed by atoms with van der Waals surface area (Å²) in [6, 6.07) is 9.07. The molecule has 0 saturated carbocycles. The first-order valence-corrected chi connectivity index (χ1v) is 4.78. The van der Waals surface area contributed by atoms with E-state index in [4.69, 9.17) is 0 Å². The van der Waals surface area contributed by atoms with Crippen LogP contribution >= 0.6 is 0 Å². The van der Waals surface area contributed by atoms with E-state index in [1.807, 2.05) is 18.2 Å². The van der Waals surface area contributed by atoms with Crippen molar-refractivity contribution in [3.63, 3.8) is 0 Å². The van der Waals surface area contributed by atoms with Crippen LogP contribution in [0.2, 0.25) is 0 Å². The van der Waals surface area contributed by atoms with Crippen LogP contribution in [0, 0.1) is 0 Å². The lowest BCUT2D eigenvalue weighted by Gasteiger charge is -2.06. The van der Waals surface area contributed by atoms with Crippen molar-refractivity contribution in [1.29, 1.82) is 0 Å². The van der Waals surface area contributed by atoms with Crippen LogP contribution in [0.15, 0.2) is 30.3 Å². The van der Waals surface area contributed by atoms with E-state index in [0.29, 0.717) is 0 Å². The molecule has 0 aromatic heterocycles. The highest BCUT2D eigenvalue weighted by molar-refractivity contribution is 7.74. The molecule has 0 heterocycles. The molecule has 1 atom stereocenters. The van der Waals surface area contributed by atoms with Gasteiger partial charge in [-0.25, -0.2) is 9.00 Å². The zero-order valence-corrected chi connectivity index (χ0v) is 7.95. The van der Waals surface area contributed by atoms with E-state index < -0.39 is 17.5 Å². The monoisotopic (exact) mass is 214 g/mol. The molecule has 5 nitrogen and oxygen atoms in total. The molecule has 14 heavy (non-hydrogen) atoms. The molecular formula is C8H8NO4S-. The van der Waals surface area contributed by atoms with Gasteiger partial charge in [0.15, 0.2) is 0 Å². The number of carbonyl (C=O) groups is 1. The first-order chi connectivity index (χ1) is 6.68. The van der Waals surface area contributed by atoms with Gasteiger partial charge in [-0.3, -0.25) is 0 Å². The van der Waals surface area contributed by atoms with Crippen molar-refractivity contribution >= 4 is 17.5 Å². The summed E-state index contributed by atoms with van der Waals surface area (Å²) in [4.78, 5) is 10.7. The van der Waals surface area contributed by atoms with Crippen LogP contribution in [-0.2, 0) is 22.1 Å². The predicted octanol–water partition coefficient (Wildman–Crippen LogP) is 0.707. The SMILES string of the molecule is O=C(NCc1ccccc1)OS(=O)[O-]. The second-order valence-electron chi connectivity index (χ2n) is 2.41. The van der Waals surface area contributed by atoms with Gasteiger partial charge in [-0.1, -0.05) is 30.3 Å². The van der Waals surface area contributed by atoms with E-state index in [2.05, 4.69) is 9.50 Å². The van der Waals surface area contributed by atoms with Gasteiger partial charge in [-0.05, 0) is 5.56 Å². The number of amides is 1. The lowest BCUT2D eigenvalue weighted by atomic mass is 10.2. The van der Waals surface area contributed by atoms with Crippen LogP contribution in [-0.4, -0.2) is 14.9 Å². The maximum absolute atomic E-state index is 10.7. The summed E-state index contributed by atoms with van der Waals surface area (Å²) in [7, 11) is 0. The molecule has 1 N–H and O–H groups in total. The largest absolute Gasteiger partial charge is 0.740 e. The molecule has 0 saturated heterocycles. The number of nitrogens with one attached hydrogen (secondary N) is 1. The van der Waals surface area contributed by atoms with Crippen LogP contribution in [0.5, 0.6) is 0 Å². The van der Waals surface area contributed by atoms with Gasteiger partial charge >= 0.3 is 6.09 Å². The predicted molar refractivity (Wildman–Crippen MR) is 48.7 cm³/mol. The van der Waals surface area contributed by atoms with Crippen molar-refractivity contribution in [2.75, 3.05) is 0 Å². The molecule has 0 fully saturated rings. The van der Waals surface area contributed by atoms with Gasteiger partial charge in [0.2, 0.25) is 0 Å². The lowest BCUT2D eigenvalue weighted by molar-refractivity contribution is 0.200. The Balaban J connectivity index is 2.34. The first-order valence-electron chi connectivity index (χ1n) is 3.78. The quantitative estimate of drug-likeness (QED) is 0.751. The highest BCUT2D eigenvalue weighted by Gasteiger charge is 2.00. The summed E-state index contributed by atoms with van der Waals surface area (Å²) in [5, 5.41) is 2.28. The lowest BCUT2D eigenvalue weighted by Crippen LogP contribution is -2.24. The molecule has 0 bridgehead atoms. The Morgan fingerprint density at radius 1 is 1.43 bits per heavy atom. The summed E-state index contributed by atoms with van der Waals surface area (Å²) in [5.74, 6) is 0. The average molecular weight is 214 g/mol. The molecule has 1 aromatic carbocycles. The minimum atomic E-state index is -2.82. The van der Waals surface area contributed by atoms with Gasteiger partial charge in [0.05, 0.1) is 0 Å². The molecule has 1 amide bonds. The third-order valence-corrected chi connectivity index (χ3v) is 1.71. The fourth-order valence-corrected chi connectivity index (χ4v) is 1.04. The smallest absolute Gasteiger partial charge is 0.420 e. The van der Waals surface area contributed by atoms with E-state index in [-0.39, 0.29) is 6.54 Å². The normalized spacial score (nSPS) is 11.8. The van der Waals surface area contributed by atoms with Crippen molar-refractivity contribution in [2.24, 2.45) is 0 Å². The van der Waals surface area contributed by atoms with Gasteiger partial charge in [-0.2, -0.15) is 0 Å². The molecule has 0 spiro atoms. The van der Waals surface area contributed by atoms with Gasteiger partial charge < -0.3 is 14.1 Å². The highest BCUT2D eigenvalue weighted by Crippen LogP contribution is 1.97. The van der Waals surface area contributed by atoms with Gasteiger partial charge in [0.25, 0.3) is 0 Å². The van der Waals surface area contributed by atoms with Crippen LogP contribution in [0.1, 0.15) is 5.56 Å². The van der Waals surface area contributed by atoms with Crippen LogP contribution in [0.4, 0.5) is 4.79 Å². The molecule has 6 heteroatoms. The third kappa shape index (κ3) is 4.01. The van der Waals surface area contributed by atoms with Crippen LogP contribution in [0.3, 0.4) is 0 Å². The molecule has 0 aliphatic carbocycles. The zero-order valence-electron chi connectivity index (χ0n) is 7.14. The Hall–Kier alpha value is -1.40. The topological polar surface area (TPSA) is 78.5 Å². The molecule has 1 unspecified atom stereocenters. The van der Waals surface area contributed by atoms with E-state index in [1.165, 1.54) is 0 Å². The van der Waals surface area contributed by atoms with E-state index in [9.17, 15) is 13.6 Å². The van der Waals surface area contributed by atoms with Gasteiger partial charge in [0, 0.05) is 6.54 Å². The van der Waals surface area contributed by atoms with Crippen molar-refractivity contribution in [3.05, 3.63) is 35.9 Å². The molecular weight excluding hydrogens is 206 g/mol. The summed E-state index contributed by atoms with van der Waals surface area (Å²) in [6.45, 7) is 0.233. The number of rotatable bonds is 3. The standard InChI is InChI=1S/C8H9NO4S/c10-8(13-14(11)12)9-6-7-4-2-1-3-5-7/h1-5H,6H2,(H,9,10)(H,11,12)/p-1. The number of carbonyl (C=O) groups excluding carboxylic acids is 1.